The standard InChI is InChI=1S/C14H13F4N3OS/c15-10-1-3-11(4-2-10)23-9-13(22)19-6-8-21-7-5-12(20-21)14(16,17)18/h1-5,7H,6,8-9H2,(H,19,22). The van der Waals surface area contributed by atoms with Crippen molar-refractivity contribution in [1.82, 2.24) is 15.1 Å². The lowest BCUT2D eigenvalue weighted by Gasteiger charge is -2.06. The molecular weight excluding hydrogens is 334 g/mol. The molecule has 4 nitrogen and oxygen atoms in total. The average molecular weight is 347 g/mol. The van der Waals surface area contributed by atoms with Gasteiger partial charge in [-0.05, 0) is 30.3 Å². The number of aromatic nitrogens is 2. The predicted molar refractivity (Wildman–Crippen MR) is 77.4 cm³/mol. The van der Waals surface area contributed by atoms with E-state index in [2.05, 4.69) is 10.4 Å². The number of benzene rings is 1. The van der Waals surface area contributed by atoms with Gasteiger partial charge in [-0.15, -0.1) is 11.8 Å². The van der Waals surface area contributed by atoms with Crippen molar-refractivity contribution in [3.05, 3.63) is 48.0 Å². The van der Waals surface area contributed by atoms with Crippen molar-refractivity contribution in [3.8, 4) is 0 Å². The first-order chi connectivity index (χ1) is 10.8. The molecule has 0 radical (unpaired) electrons. The van der Waals surface area contributed by atoms with Gasteiger partial charge >= 0.3 is 6.18 Å². The van der Waals surface area contributed by atoms with Gasteiger partial charge in [-0.3, -0.25) is 9.48 Å². The van der Waals surface area contributed by atoms with Crippen LogP contribution in [0.2, 0.25) is 0 Å². The molecule has 124 valence electrons. The molecule has 2 rings (SSSR count). The number of carbonyl (C=O) groups excluding carboxylic acids is 1. The van der Waals surface area contributed by atoms with Crippen LogP contribution in [0.1, 0.15) is 5.69 Å². The Kier molecular flexibility index (Phi) is 5.64. The number of amides is 1. The van der Waals surface area contributed by atoms with Crippen molar-refractivity contribution in [2.75, 3.05) is 12.3 Å². The van der Waals surface area contributed by atoms with Crippen LogP contribution in [0.5, 0.6) is 0 Å². The highest BCUT2D eigenvalue weighted by molar-refractivity contribution is 8.00. The number of thioether (sulfide) groups is 1. The Labute approximate surface area is 133 Å². The van der Waals surface area contributed by atoms with Crippen molar-refractivity contribution in [2.24, 2.45) is 0 Å². The zero-order valence-corrected chi connectivity index (χ0v) is 12.6. The van der Waals surface area contributed by atoms with Crippen LogP contribution in [-0.4, -0.2) is 28.0 Å². The summed E-state index contributed by atoms with van der Waals surface area (Å²) in [6, 6.07) is 6.62. The van der Waals surface area contributed by atoms with Gasteiger partial charge in [-0.2, -0.15) is 18.3 Å². The minimum absolute atomic E-state index is 0.137. The van der Waals surface area contributed by atoms with Crippen molar-refractivity contribution < 1.29 is 22.4 Å². The van der Waals surface area contributed by atoms with Crippen LogP contribution in [0.4, 0.5) is 17.6 Å². The fourth-order valence-electron chi connectivity index (χ4n) is 1.68. The molecule has 1 N–H and O–H groups in total. The third kappa shape index (κ3) is 5.59. The van der Waals surface area contributed by atoms with E-state index in [-0.39, 0.29) is 30.6 Å². The van der Waals surface area contributed by atoms with E-state index >= 15 is 0 Å². The monoisotopic (exact) mass is 347 g/mol. The number of hydrogen-bond donors (Lipinski definition) is 1. The van der Waals surface area contributed by atoms with E-state index in [1.807, 2.05) is 0 Å². The van der Waals surface area contributed by atoms with Gasteiger partial charge in [-0.1, -0.05) is 0 Å². The van der Waals surface area contributed by atoms with Crippen molar-refractivity contribution >= 4 is 17.7 Å². The number of nitrogens with one attached hydrogen (secondary N) is 1. The molecule has 0 saturated heterocycles. The zero-order chi connectivity index (χ0) is 16.9. The molecule has 2 aromatic rings. The largest absolute Gasteiger partial charge is 0.435 e. The molecule has 0 unspecified atom stereocenters. The molecule has 0 bridgehead atoms. The van der Waals surface area contributed by atoms with Crippen LogP contribution >= 0.6 is 11.8 Å². The van der Waals surface area contributed by atoms with Crippen LogP contribution in [-0.2, 0) is 17.5 Å². The molecule has 1 amide bonds. The highest BCUT2D eigenvalue weighted by atomic mass is 32.2. The topological polar surface area (TPSA) is 46.9 Å². The number of halogens is 4. The molecular formula is C14H13F4N3OS. The highest BCUT2D eigenvalue weighted by Crippen LogP contribution is 2.27. The van der Waals surface area contributed by atoms with E-state index in [1.165, 1.54) is 30.1 Å². The van der Waals surface area contributed by atoms with Crippen LogP contribution in [0.3, 0.4) is 0 Å². The van der Waals surface area contributed by atoms with E-state index in [1.54, 1.807) is 12.1 Å². The number of rotatable bonds is 6. The lowest BCUT2D eigenvalue weighted by atomic mass is 10.4. The van der Waals surface area contributed by atoms with Crippen LogP contribution in [0.15, 0.2) is 41.4 Å². The molecule has 0 spiro atoms. The maximum atomic E-state index is 12.7. The Bertz CT molecular complexity index is 655. The molecule has 0 aliphatic heterocycles. The summed E-state index contributed by atoms with van der Waals surface area (Å²) in [6.45, 7) is 0.310. The Morgan fingerprint density at radius 1 is 1.22 bits per heavy atom. The number of hydrogen-bond acceptors (Lipinski definition) is 3. The third-order valence-corrected chi connectivity index (χ3v) is 3.79. The van der Waals surface area contributed by atoms with Gasteiger partial charge in [-0.25, -0.2) is 4.39 Å². The lowest BCUT2D eigenvalue weighted by molar-refractivity contribution is -0.141. The van der Waals surface area contributed by atoms with Gasteiger partial charge in [0.25, 0.3) is 0 Å². The molecule has 0 aliphatic rings. The Morgan fingerprint density at radius 3 is 2.52 bits per heavy atom. The predicted octanol–water partition coefficient (Wildman–Crippen LogP) is 2.95. The van der Waals surface area contributed by atoms with E-state index in [4.69, 9.17) is 0 Å². The smallest absolute Gasteiger partial charge is 0.354 e. The highest BCUT2D eigenvalue weighted by Gasteiger charge is 2.33. The summed E-state index contributed by atoms with van der Waals surface area (Å²) in [6.07, 6.45) is -3.26. The quantitative estimate of drug-likeness (QED) is 0.646. The number of alkyl halides is 3. The summed E-state index contributed by atoms with van der Waals surface area (Å²) in [5, 5.41) is 5.96. The fraction of sp³-hybridized carbons (Fsp3) is 0.286. The van der Waals surface area contributed by atoms with Gasteiger partial charge in [0.1, 0.15) is 5.82 Å². The maximum absolute atomic E-state index is 12.7. The first-order valence-electron chi connectivity index (χ1n) is 6.60. The molecule has 0 fully saturated rings. The van der Waals surface area contributed by atoms with Crippen LogP contribution in [0, 0.1) is 5.82 Å². The van der Waals surface area contributed by atoms with Crippen molar-refractivity contribution in [2.45, 2.75) is 17.6 Å². The first-order valence-corrected chi connectivity index (χ1v) is 7.59. The molecule has 23 heavy (non-hydrogen) atoms. The van der Waals surface area contributed by atoms with Crippen molar-refractivity contribution in [3.63, 3.8) is 0 Å². The van der Waals surface area contributed by atoms with E-state index in [0.717, 1.165) is 15.6 Å². The normalized spacial score (nSPS) is 11.5. The molecule has 9 heteroatoms. The minimum atomic E-state index is -4.47. The van der Waals surface area contributed by atoms with Crippen molar-refractivity contribution in [1.29, 1.82) is 0 Å². The van der Waals surface area contributed by atoms with Crippen LogP contribution in [0.25, 0.3) is 0 Å². The molecule has 1 aromatic carbocycles. The summed E-state index contributed by atoms with van der Waals surface area (Å²) in [5.41, 5.74) is -0.962. The third-order valence-electron chi connectivity index (χ3n) is 2.78. The maximum Gasteiger partial charge on any atom is 0.435 e. The van der Waals surface area contributed by atoms with Gasteiger partial charge in [0.05, 0.1) is 12.3 Å². The average Bonchev–Trinajstić information content (AvgIpc) is 2.96. The molecule has 0 atom stereocenters. The Hall–Kier alpha value is -2.03. The van der Waals surface area contributed by atoms with Gasteiger partial charge in [0.2, 0.25) is 5.91 Å². The van der Waals surface area contributed by atoms with Gasteiger partial charge in [0.15, 0.2) is 5.69 Å². The minimum Gasteiger partial charge on any atom is -0.354 e. The lowest BCUT2D eigenvalue weighted by Crippen LogP contribution is -2.28. The summed E-state index contributed by atoms with van der Waals surface area (Å²) in [7, 11) is 0. The zero-order valence-electron chi connectivity index (χ0n) is 11.8. The summed E-state index contributed by atoms with van der Waals surface area (Å²) < 4.78 is 50.9. The van der Waals surface area contributed by atoms with Gasteiger partial charge in [0, 0.05) is 17.6 Å². The molecule has 1 aromatic heterocycles. The van der Waals surface area contributed by atoms with E-state index in [0.29, 0.717) is 0 Å². The number of carbonyl (C=O) groups is 1. The first kappa shape index (κ1) is 17.3. The second-order valence-corrected chi connectivity index (χ2v) is 5.60. The van der Waals surface area contributed by atoms with E-state index in [9.17, 15) is 22.4 Å². The Balaban J connectivity index is 1.70. The van der Waals surface area contributed by atoms with E-state index < -0.39 is 11.9 Å². The number of nitrogens with zero attached hydrogens (tertiary/aromatic N) is 2. The second-order valence-electron chi connectivity index (χ2n) is 4.55. The SMILES string of the molecule is O=C(CSc1ccc(F)cc1)NCCn1ccc(C(F)(F)F)n1. The molecule has 0 saturated carbocycles. The summed E-state index contributed by atoms with van der Waals surface area (Å²) in [4.78, 5) is 12.4. The van der Waals surface area contributed by atoms with Gasteiger partial charge < -0.3 is 5.32 Å². The summed E-state index contributed by atoms with van der Waals surface area (Å²) >= 11 is 1.24. The summed E-state index contributed by atoms with van der Waals surface area (Å²) in [5.74, 6) is -0.475. The van der Waals surface area contributed by atoms with Crippen LogP contribution < -0.4 is 5.32 Å². The second kappa shape index (κ2) is 7.49. The molecule has 1 heterocycles. The fourth-order valence-corrected chi connectivity index (χ4v) is 2.41. The Morgan fingerprint density at radius 2 is 1.91 bits per heavy atom. The molecule has 0 aliphatic carbocycles.